The maximum absolute atomic E-state index is 11.2. The Kier molecular flexibility index (Phi) is 3.15. The molecule has 1 saturated heterocycles. The lowest BCUT2D eigenvalue weighted by atomic mass is 9.92. The molecule has 0 bridgehead atoms. The van der Waals surface area contributed by atoms with E-state index in [2.05, 4.69) is 6.58 Å². The lowest BCUT2D eigenvalue weighted by Gasteiger charge is -2.16. The molecule has 2 rings (SSSR count). The Labute approximate surface area is 99.5 Å². The predicted molar refractivity (Wildman–Crippen MR) is 61.5 cm³/mol. The molecule has 1 aromatic rings. The number of cyclic esters (lactones) is 1. The normalized spacial score (nSPS) is 21.2. The zero-order chi connectivity index (χ0) is 12.4. The van der Waals surface area contributed by atoms with Gasteiger partial charge in [0.05, 0.1) is 19.1 Å². The fourth-order valence-electron chi connectivity index (χ4n) is 1.83. The van der Waals surface area contributed by atoms with Gasteiger partial charge in [-0.1, -0.05) is 18.7 Å². The number of ether oxygens (including phenoxy) is 2. The van der Waals surface area contributed by atoms with Crippen LogP contribution in [0.25, 0.3) is 0 Å². The number of carbonyl (C=O) groups is 1. The van der Waals surface area contributed by atoms with Crippen LogP contribution in [-0.4, -0.2) is 24.8 Å². The van der Waals surface area contributed by atoms with Crippen molar-refractivity contribution in [2.75, 3.05) is 13.7 Å². The van der Waals surface area contributed by atoms with Gasteiger partial charge in [0.25, 0.3) is 0 Å². The molecule has 0 spiro atoms. The molecule has 0 radical (unpaired) electrons. The summed E-state index contributed by atoms with van der Waals surface area (Å²) >= 11 is 0. The first-order valence-electron chi connectivity index (χ1n) is 5.31. The van der Waals surface area contributed by atoms with E-state index in [1.165, 1.54) is 0 Å². The third-order valence-corrected chi connectivity index (χ3v) is 2.94. The number of carbonyl (C=O) groups excluding carboxylic acids is 1. The standard InChI is InChI=1S/C13H14O4/c1-8-11(7-17-13(8)15)12(14)9-3-5-10(16-2)6-4-9/h3-6,11-12,14H,1,7H2,2H3/t11-,12+/m1/s1. The van der Waals surface area contributed by atoms with E-state index in [4.69, 9.17) is 9.47 Å². The zero-order valence-corrected chi connectivity index (χ0v) is 9.55. The van der Waals surface area contributed by atoms with E-state index in [-0.39, 0.29) is 12.5 Å². The third-order valence-electron chi connectivity index (χ3n) is 2.94. The highest BCUT2D eigenvalue weighted by Crippen LogP contribution is 2.32. The molecule has 1 aromatic carbocycles. The van der Waals surface area contributed by atoms with E-state index < -0.39 is 12.1 Å². The maximum atomic E-state index is 11.2. The fraction of sp³-hybridized carbons (Fsp3) is 0.308. The van der Waals surface area contributed by atoms with Gasteiger partial charge in [-0.2, -0.15) is 0 Å². The van der Waals surface area contributed by atoms with Crippen LogP contribution in [0.5, 0.6) is 5.75 Å². The van der Waals surface area contributed by atoms with Gasteiger partial charge in [-0.05, 0) is 17.7 Å². The van der Waals surface area contributed by atoms with Crippen molar-refractivity contribution in [3.8, 4) is 5.75 Å². The smallest absolute Gasteiger partial charge is 0.333 e. The van der Waals surface area contributed by atoms with Crippen LogP contribution in [-0.2, 0) is 9.53 Å². The van der Waals surface area contributed by atoms with E-state index in [9.17, 15) is 9.90 Å². The van der Waals surface area contributed by atoms with E-state index in [1.807, 2.05) is 0 Å². The minimum Gasteiger partial charge on any atom is -0.497 e. The van der Waals surface area contributed by atoms with Crippen LogP contribution in [0, 0.1) is 5.92 Å². The first kappa shape index (κ1) is 11.7. The monoisotopic (exact) mass is 234 g/mol. The first-order chi connectivity index (χ1) is 8.13. The first-order valence-corrected chi connectivity index (χ1v) is 5.31. The molecule has 1 aliphatic rings. The van der Waals surface area contributed by atoms with Gasteiger partial charge in [-0.3, -0.25) is 0 Å². The molecule has 90 valence electrons. The summed E-state index contributed by atoms with van der Waals surface area (Å²) < 4.78 is 9.88. The van der Waals surface area contributed by atoms with Gasteiger partial charge in [-0.15, -0.1) is 0 Å². The second-order valence-electron chi connectivity index (χ2n) is 3.95. The molecule has 0 amide bonds. The molecule has 0 unspecified atom stereocenters. The van der Waals surface area contributed by atoms with Crippen LogP contribution in [0.3, 0.4) is 0 Å². The van der Waals surface area contributed by atoms with E-state index in [0.29, 0.717) is 5.57 Å². The molecule has 17 heavy (non-hydrogen) atoms. The minimum absolute atomic E-state index is 0.185. The van der Waals surface area contributed by atoms with Gasteiger partial charge < -0.3 is 14.6 Å². The molecule has 0 aliphatic carbocycles. The summed E-state index contributed by atoms with van der Waals surface area (Å²) in [7, 11) is 1.58. The van der Waals surface area contributed by atoms with Crippen LogP contribution in [0.2, 0.25) is 0 Å². The highest BCUT2D eigenvalue weighted by atomic mass is 16.5. The highest BCUT2D eigenvalue weighted by Gasteiger charge is 2.34. The largest absolute Gasteiger partial charge is 0.497 e. The molecule has 1 aliphatic heterocycles. The Bertz CT molecular complexity index is 435. The number of methoxy groups -OCH3 is 1. The Morgan fingerprint density at radius 1 is 1.47 bits per heavy atom. The molecule has 4 nitrogen and oxygen atoms in total. The molecule has 1 fully saturated rings. The molecule has 1 heterocycles. The topological polar surface area (TPSA) is 55.8 Å². The van der Waals surface area contributed by atoms with Crippen LogP contribution in [0.1, 0.15) is 11.7 Å². The molecular formula is C13H14O4. The lowest BCUT2D eigenvalue weighted by molar-refractivity contribution is -0.135. The van der Waals surface area contributed by atoms with Gasteiger partial charge in [-0.25, -0.2) is 4.79 Å². The molecule has 1 N–H and O–H groups in total. The number of aliphatic hydroxyl groups is 1. The van der Waals surface area contributed by atoms with Crippen LogP contribution in [0.4, 0.5) is 0 Å². The van der Waals surface area contributed by atoms with Crippen molar-refractivity contribution in [3.05, 3.63) is 42.0 Å². The van der Waals surface area contributed by atoms with Gasteiger partial charge >= 0.3 is 5.97 Å². The van der Waals surface area contributed by atoms with Gasteiger partial charge in [0.2, 0.25) is 0 Å². The summed E-state index contributed by atoms with van der Waals surface area (Å²) in [5.74, 6) is -0.0722. The lowest BCUT2D eigenvalue weighted by Crippen LogP contribution is -2.14. The average Bonchev–Trinajstić information content (AvgIpc) is 2.69. The summed E-state index contributed by atoms with van der Waals surface area (Å²) in [5.41, 5.74) is 1.04. The van der Waals surface area contributed by atoms with Gasteiger partial charge in [0.1, 0.15) is 12.4 Å². The van der Waals surface area contributed by atoms with Crippen molar-refractivity contribution in [1.82, 2.24) is 0 Å². The third kappa shape index (κ3) is 2.17. The maximum Gasteiger partial charge on any atom is 0.333 e. The Hall–Kier alpha value is -1.81. The number of rotatable bonds is 3. The van der Waals surface area contributed by atoms with Crippen LogP contribution < -0.4 is 4.74 Å². The fourth-order valence-corrected chi connectivity index (χ4v) is 1.83. The molecule has 0 aromatic heterocycles. The van der Waals surface area contributed by atoms with Crippen molar-refractivity contribution < 1.29 is 19.4 Å². The number of hydrogen-bond donors (Lipinski definition) is 1. The summed E-state index contributed by atoms with van der Waals surface area (Å²) in [5, 5.41) is 10.1. The van der Waals surface area contributed by atoms with Crippen molar-refractivity contribution in [2.45, 2.75) is 6.10 Å². The van der Waals surface area contributed by atoms with Crippen molar-refractivity contribution in [2.24, 2.45) is 5.92 Å². The van der Waals surface area contributed by atoms with Crippen LogP contribution >= 0.6 is 0 Å². The van der Waals surface area contributed by atoms with Crippen molar-refractivity contribution in [3.63, 3.8) is 0 Å². The number of aliphatic hydroxyl groups excluding tert-OH is 1. The summed E-state index contributed by atoms with van der Waals surface area (Å²) in [6.07, 6.45) is -0.778. The molecule has 2 atom stereocenters. The van der Waals surface area contributed by atoms with E-state index >= 15 is 0 Å². The summed E-state index contributed by atoms with van der Waals surface area (Å²) in [4.78, 5) is 11.2. The molecule has 4 heteroatoms. The Morgan fingerprint density at radius 3 is 2.59 bits per heavy atom. The van der Waals surface area contributed by atoms with Gasteiger partial charge in [0, 0.05) is 5.57 Å². The summed E-state index contributed by atoms with van der Waals surface area (Å²) in [6.45, 7) is 3.82. The average molecular weight is 234 g/mol. The highest BCUT2D eigenvalue weighted by molar-refractivity contribution is 5.90. The summed E-state index contributed by atoms with van der Waals surface area (Å²) in [6, 6.07) is 7.05. The van der Waals surface area contributed by atoms with Crippen molar-refractivity contribution in [1.29, 1.82) is 0 Å². The Balaban J connectivity index is 2.16. The number of benzene rings is 1. The predicted octanol–water partition coefficient (Wildman–Crippen LogP) is 1.46. The number of esters is 1. The zero-order valence-electron chi connectivity index (χ0n) is 9.55. The Morgan fingerprint density at radius 2 is 2.12 bits per heavy atom. The SMILES string of the molecule is C=C1C(=O)OC[C@H]1[C@@H](O)c1ccc(OC)cc1. The van der Waals surface area contributed by atoms with Crippen LogP contribution in [0.15, 0.2) is 36.4 Å². The second kappa shape index (κ2) is 4.59. The molecule has 0 saturated carbocycles. The minimum atomic E-state index is -0.778. The number of hydrogen-bond acceptors (Lipinski definition) is 4. The van der Waals surface area contributed by atoms with E-state index in [1.54, 1.807) is 31.4 Å². The van der Waals surface area contributed by atoms with E-state index in [0.717, 1.165) is 11.3 Å². The molecular weight excluding hydrogens is 220 g/mol. The van der Waals surface area contributed by atoms with Gasteiger partial charge in [0.15, 0.2) is 0 Å². The second-order valence-corrected chi connectivity index (χ2v) is 3.95. The van der Waals surface area contributed by atoms with Crippen molar-refractivity contribution >= 4 is 5.97 Å². The quantitative estimate of drug-likeness (QED) is 0.635.